The van der Waals surface area contributed by atoms with E-state index in [1.165, 1.54) is 21.3 Å². The van der Waals surface area contributed by atoms with Crippen LogP contribution < -0.4 is 24.4 Å². The first-order chi connectivity index (χ1) is 18.4. The average molecular weight is 517 g/mol. The number of amides is 2. The maximum Gasteiger partial charge on any atom is 0.325 e. The highest BCUT2D eigenvalue weighted by molar-refractivity contribution is 6.24. The van der Waals surface area contributed by atoms with Crippen molar-refractivity contribution in [3.05, 3.63) is 83.9 Å². The van der Waals surface area contributed by atoms with E-state index in [4.69, 9.17) is 14.2 Å². The number of imide groups is 1. The molecule has 2 heterocycles. The van der Waals surface area contributed by atoms with Crippen LogP contribution in [0.2, 0.25) is 0 Å². The number of ether oxygens (including phenoxy) is 3. The quantitative estimate of drug-likeness (QED) is 0.439. The van der Waals surface area contributed by atoms with Gasteiger partial charge in [-0.1, -0.05) is 48.5 Å². The first-order valence-electron chi connectivity index (χ1n) is 12.1. The number of carbonyl (C=O) groups excluding carboxylic acids is 2. The summed E-state index contributed by atoms with van der Waals surface area (Å²) in [6.45, 7) is 0. The first kappa shape index (κ1) is 25.3. The largest absolute Gasteiger partial charge is 0.495 e. The van der Waals surface area contributed by atoms with E-state index in [-0.39, 0.29) is 12.1 Å². The number of aliphatic carboxylic acids is 1. The number of benzene rings is 3. The van der Waals surface area contributed by atoms with Gasteiger partial charge in [0.15, 0.2) is 11.5 Å². The second-order valence-corrected chi connectivity index (χ2v) is 9.36. The minimum atomic E-state index is -1.74. The highest BCUT2D eigenvalue weighted by atomic mass is 16.5. The molecule has 2 saturated heterocycles. The minimum Gasteiger partial charge on any atom is -0.495 e. The van der Waals surface area contributed by atoms with E-state index in [0.717, 1.165) is 10.5 Å². The van der Waals surface area contributed by atoms with Crippen molar-refractivity contribution in [3.63, 3.8) is 0 Å². The third-order valence-electron chi connectivity index (χ3n) is 7.45. The van der Waals surface area contributed by atoms with Crippen LogP contribution in [0, 0.1) is 11.8 Å². The van der Waals surface area contributed by atoms with Crippen molar-refractivity contribution in [2.24, 2.45) is 11.8 Å². The summed E-state index contributed by atoms with van der Waals surface area (Å²) in [7, 11) is 4.47. The van der Waals surface area contributed by atoms with Gasteiger partial charge < -0.3 is 19.3 Å². The van der Waals surface area contributed by atoms with Crippen LogP contribution in [0.5, 0.6) is 17.2 Å². The molecule has 9 heteroatoms. The van der Waals surface area contributed by atoms with Crippen LogP contribution in [0.4, 0.5) is 5.69 Å². The monoisotopic (exact) mass is 516 g/mol. The first-order valence-corrected chi connectivity index (χ1v) is 12.1. The van der Waals surface area contributed by atoms with E-state index in [2.05, 4.69) is 5.32 Å². The molecule has 38 heavy (non-hydrogen) atoms. The average Bonchev–Trinajstić information content (AvgIpc) is 3.42. The van der Waals surface area contributed by atoms with Crippen LogP contribution in [0.15, 0.2) is 72.8 Å². The molecule has 2 fully saturated rings. The fourth-order valence-corrected chi connectivity index (χ4v) is 5.74. The molecular formula is C29H28N2O7. The number of para-hydroxylation sites is 2. The Labute approximate surface area is 219 Å². The summed E-state index contributed by atoms with van der Waals surface area (Å²) in [5.41, 5.74) is -0.126. The number of hydrogen-bond donors (Lipinski definition) is 2. The molecule has 0 saturated carbocycles. The normalized spacial score (nSPS) is 24.3. The summed E-state index contributed by atoms with van der Waals surface area (Å²) < 4.78 is 16.2. The summed E-state index contributed by atoms with van der Waals surface area (Å²) in [6, 6.07) is 20.2. The number of carboxylic acids is 1. The third kappa shape index (κ3) is 3.86. The molecule has 0 spiro atoms. The van der Waals surface area contributed by atoms with Gasteiger partial charge in [-0.25, -0.2) is 4.90 Å². The SMILES string of the molecule is COc1ccc(C2NC(Cc3ccccc3)(C(=O)O)C3C(=O)N(c4ccccc4OC)C(=O)C23)cc1OC. The molecule has 0 aromatic heterocycles. The Morgan fingerprint density at radius 3 is 2.18 bits per heavy atom. The number of nitrogens with one attached hydrogen (secondary N) is 1. The smallest absolute Gasteiger partial charge is 0.325 e. The zero-order chi connectivity index (χ0) is 27.0. The van der Waals surface area contributed by atoms with Crippen molar-refractivity contribution in [1.29, 1.82) is 0 Å². The Morgan fingerprint density at radius 2 is 1.53 bits per heavy atom. The van der Waals surface area contributed by atoms with Gasteiger partial charge in [0, 0.05) is 12.5 Å². The molecule has 2 aliphatic rings. The van der Waals surface area contributed by atoms with Crippen LogP contribution in [0.1, 0.15) is 17.2 Å². The van der Waals surface area contributed by atoms with Crippen LogP contribution in [-0.4, -0.2) is 49.8 Å². The molecule has 3 aromatic carbocycles. The van der Waals surface area contributed by atoms with Crippen LogP contribution in [0.25, 0.3) is 0 Å². The number of nitrogens with zero attached hydrogens (tertiary/aromatic N) is 1. The Balaban J connectivity index is 1.68. The number of anilines is 1. The van der Waals surface area contributed by atoms with Crippen molar-refractivity contribution >= 4 is 23.5 Å². The lowest BCUT2D eigenvalue weighted by molar-refractivity contribution is -0.148. The minimum absolute atomic E-state index is 0.00686. The van der Waals surface area contributed by atoms with Gasteiger partial charge in [0.1, 0.15) is 11.3 Å². The van der Waals surface area contributed by atoms with E-state index in [0.29, 0.717) is 22.8 Å². The van der Waals surface area contributed by atoms with Crippen LogP contribution >= 0.6 is 0 Å². The summed E-state index contributed by atoms with van der Waals surface area (Å²) >= 11 is 0. The van der Waals surface area contributed by atoms with Crippen LogP contribution in [-0.2, 0) is 20.8 Å². The molecule has 196 valence electrons. The highest BCUT2D eigenvalue weighted by Crippen LogP contribution is 2.52. The van der Waals surface area contributed by atoms with Gasteiger partial charge in [-0.3, -0.25) is 19.7 Å². The lowest BCUT2D eigenvalue weighted by atomic mass is 9.76. The van der Waals surface area contributed by atoms with Crippen LogP contribution in [0.3, 0.4) is 0 Å². The number of methoxy groups -OCH3 is 3. The topological polar surface area (TPSA) is 114 Å². The molecule has 9 nitrogen and oxygen atoms in total. The predicted octanol–water partition coefficient (Wildman–Crippen LogP) is 3.23. The van der Waals surface area contributed by atoms with Gasteiger partial charge in [-0.05, 0) is 35.4 Å². The van der Waals surface area contributed by atoms with Crippen molar-refractivity contribution in [3.8, 4) is 17.2 Å². The Morgan fingerprint density at radius 1 is 0.868 bits per heavy atom. The van der Waals surface area contributed by atoms with Crippen molar-refractivity contribution in [2.75, 3.05) is 26.2 Å². The zero-order valence-electron chi connectivity index (χ0n) is 21.2. The molecule has 2 N–H and O–H groups in total. The number of rotatable bonds is 8. The van der Waals surface area contributed by atoms with Gasteiger partial charge in [-0.15, -0.1) is 0 Å². The lowest BCUT2D eigenvalue weighted by Gasteiger charge is -2.31. The maximum atomic E-state index is 14.1. The van der Waals surface area contributed by atoms with Gasteiger partial charge in [0.2, 0.25) is 11.8 Å². The Bertz CT molecular complexity index is 1390. The summed E-state index contributed by atoms with van der Waals surface area (Å²) in [4.78, 5) is 42.3. The van der Waals surface area contributed by atoms with Crippen molar-refractivity contribution in [2.45, 2.75) is 18.0 Å². The number of carboxylic acid groups (broad SMARTS) is 1. The van der Waals surface area contributed by atoms with E-state index in [1.807, 2.05) is 30.3 Å². The number of hydrogen-bond acceptors (Lipinski definition) is 7. The summed E-state index contributed by atoms with van der Waals surface area (Å²) in [6.07, 6.45) is 0.00686. The Kier molecular flexibility index (Phi) is 6.54. The van der Waals surface area contributed by atoms with Gasteiger partial charge in [0.25, 0.3) is 0 Å². The van der Waals surface area contributed by atoms with Crippen molar-refractivity contribution in [1.82, 2.24) is 5.32 Å². The maximum absolute atomic E-state index is 14.1. The molecule has 4 atom stereocenters. The predicted molar refractivity (Wildman–Crippen MR) is 138 cm³/mol. The molecule has 3 aromatic rings. The van der Waals surface area contributed by atoms with Gasteiger partial charge >= 0.3 is 5.97 Å². The molecule has 2 amide bonds. The van der Waals surface area contributed by atoms with E-state index >= 15 is 0 Å². The molecule has 0 aliphatic carbocycles. The number of carbonyl (C=O) groups is 3. The van der Waals surface area contributed by atoms with Gasteiger partial charge in [-0.2, -0.15) is 0 Å². The summed E-state index contributed by atoms with van der Waals surface area (Å²) in [5, 5.41) is 13.9. The summed E-state index contributed by atoms with van der Waals surface area (Å²) in [5.74, 6) is -3.18. The molecule has 4 unspecified atom stereocenters. The van der Waals surface area contributed by atoms with E-state index in [9.17, 15) is 19.5 Å². The standard InChI is InChI=1S/C29H28N2O7/c1-36-20-12-8-7-11-19(20)31-26(32)23-24(27(31)33)29(28(34)35,16-17-9-5-4-6-10-17)30-25(23)18-13-14-21(37-2)22(15-18)38-3/h4-15,23-25,30H,16H2,1-3H3,(H,34,35). The third-order valence-corrected chi connectivity index (χ3v) is 7.45. The molecule has 0 radical (unpaired) electrons. The van der Waals surface area contributed by atoms with E-state index < -0.39 is 41.2 Å². The second kappa shape index (κ2) is 9.83. The van der Waals surface area contributed by atoms with Crippen molar-refractivity contribution < 1.29 is 33.7 Å². The second-order valence-electron chi connectivity index (χ2n) is 9.36. The molecular weight excluding hydrogens is 488 g/mol. The molecule has 0 bridgehead atoms. The Hall–Kier alpha value is -4.37. The molecule has 2 aliphatic heterocycles. The lowest BCUT2D eigenvalue weighted by Crippen LogP contribution is -2.57. The highest BCUT2D eigenvalue weighted by Gasteiger charge is 2.68. The fourth-order valence-electron chi connectivity index (χ4n) is 5.74. The number of fused-ring (bicyclic) bond motifs is 1. The molecule has 5 rings (SSSR count). The van der Waals surface area contributed by atoms with Gasteiger partial charge in [0.05, 0.1) is 38.9 Å². The zero-order valence-corrected chi connectivity index (χ0v) is 21.2. The van der Waals surface area contributed by atoms with E-state index in [1.54, 1.807) is 42.5 Å². The fraction of sp³-hybridized carbons (Fsp3) is 0.276.